The molecule has 2 heterocycles. The predicted molar refractivity (Wildman–Crippen MR) is 124 cm³/mol. The Morgan fingerprint density at radius 1 is 0.938 bits per heavy atom. The summed E-state index contributed by atoms with van der Waals surface area (Å²) in [7, 11) is 0. The Kier molecular flexibility index (Phi) is 5.31. The number of hydrogen-bond acceptors (Lipinski definition) is 6. The Bertz CT molecular complexity index is 1060. The largest absolute Gasteiger partial charge is 0.390 e. The summed E-state index contributed by atoms with van der Waals surface area (Å²) in [5.74, 6) is 0.237. The lowest BCUT2D eigenvalue weighted by Gasteiger charge is -2.37. The van der Waals surface area contributed by atoms with Crippen molar-refractivity contribution in [2.24, 2.45) is 27.7 Å². The fraction of sp³-hybridized carbons (Fsp3) is 0.360. The summed E-state index contributed by atoms with van der Waals surface area (Å²) in [6.07, 6.45) is 1.55. The quantitative estimate of drug-likeness (QED) is 0.692. The predicted octanol–water partition coefficient (Wildman–Crippen LogP) is 3.35. The van der Waals surface area contributed by atoms with Crippen molar-refractivity contribution in [2.75, 3.05) is 5.32 Å². The minimum atomic E-state index is -0.885. The van der Waals surface area contributed by atoms with E-state index in [1.165, 1.54) is 12.1 Å². The van der Waals surface area contributed by atoms with Gasteiger partial charge in [0, 0.05) is 11.9 Å². The molecule has 2 aromatic rings. The van der Waals surface area contributed by atoms with Crippen LogP contribution in [-0.4, -0.2) is 51.7 Å². The van der Waals surface area contributed by atoms with E-state index in [1.54, 1.807) is 18.5 Å². The molecule has 3 N–H and O–H groups in total. The topological polar surface area (TPSA) is 80.5 Å². The van der Waals surface area contributed by atoms with Crippen molar-refractivity contribution in [1.29, 1.82) is 0 Å². The highest BCUT2D eigenvalue weighted by Gasteiger charge is 2.52. The molecule has 1 fully saturated rings. The van der Waals surface area contributed by atoms with Crippen LogP contribution in [0.3, 0.4) is 0 Å². The fourth-order valence-corrected chi connectivity index (χ4v) is 5.18. The Hall–Kier alpha value is -3.03. The zero-order chi connectivity index (χ0) is 22.4. The maximum Gasteiger partial charge on any atom is 0.136 e. The Labute approximate surface area is 186 Å². The maximum atomic E-state index is 13.6. The number of rotatable bonds is 3. The Balaban J connectivity index is 1.55. The van der Waals surface area contributed by atoms with Crippen molar-refractivity contribution in [3.8, 4) is 0 Å². The van der Waals surface area contributed by atoms with E-state index in [9.17, 15) is 14.6 Å². The first-order chi connectivity index (χ1) is 15.5. The summed E-state index contributed by atoms with van der Waals surface area (Å²) in [6, 6.07) is 15.9. The van der Waals surface area contributed by atoms with Crippen molar-refractivity contribution in [2.45, 2.75) is 38.3 Å². The van der Waals surface area contributed by atoms with Gasteiger partial charge in [-0.05, 0) is 47.2 Å². The molecule has 2 aliphatic heterocycles. The van der Waals surface area contributed by atoms with Crippen LogP contribution in [0.15, 0.2) is 70.8 Å². The van der Waals surface area contributed by atoms with E-state index in [0.29, 0.717) is 0 Å². The lowest BCUT2D eigenvalue weighted by atomic mass is 9.91. The van der Waals surface area contributed by atoms with Gasteiger partial charge < -0.3 is 20.4 Å². The van der Waals surface area contributed by atoms with E-state index >= 15 is 0 Å². The Morgan fingerprint density at radius 2 is 1.66 bits per heavy atom. The SMILES string of the molecule is CC1C(O)C(O)C(N2C=C(c3ccc(F)cc3)C3C(Nc4ccccc4)=NC=NC32)[C@H]1C. The van der Waals surface area contributed by atoms with Crippen molar-refractivity contribution in [3.63, 3.8) is 0 Å². The third-order valence-electron chi connectivity index (χ3n) is 7.11. The second kappa shape index (κ2) is 8.15. The molecule has 0 radical (unpaired) electrons. The van der Waals surface area contributed by atoms with Gasteiger partial charge in [0.15, 0.2) is 0 Å². The number of nitrogens with zero attached hydrogens (tertiary/aromatic N) is 3. The summed E-state index contributed by atoms with van der Waals surface area (Å²) in [5.41, 5.74) is 2.73. The van der Waals surface area contributed by atoms with Crippen molar-refractivity contribution in [3.05, 3.63) is 72.2 Å². The van der Waals surface area contributed by atoms with Gasteiger partial charge in [-0.25, -0.2) is 14.4 Å². The van der Waals surface area contributed by atoms with E-state index in [0.717, 1.165) is 22.7 Å². The van der Waals surface area contributed by atoms with E-state index < -0.39 is 12.2 Å². The molecule has 32 heavy (non-hydrogen) atoms. The van der Waals surface area contributed by atoms with Crippen LogP contribution in [0.2, 0.25) is 0 Å². The molecular formula is C25H27FN4O2. The lowest BCUT2D eigenvalue weighted by Crippen LogP contribution is -2.49. The van der Waals surface area contributed by atoms with E-state index in [-0.39, 0.29) is 35.8 Å². The lowest BCUT2D eigenvalue weighted by molar-refractivity contribution is -0.00705. The second-order valence-corrected chi connectivity index (χ2v) is 8.89. The molecule has 0 saturated heterocycles. The van der Waals surface area contributed by atoms with Gasteiger partial charge in [0.1, 0.15) is 30.3 Å². The number of benzene rings is 2. The highest BCUT2D eigenvalue weighted by Crippen LogP contribution is 2.45. The molecule has 166 valence electrons. The molecule has 3 aliphatic rings. The average Bonchev–Trinajstić information content (AvgIpc) is 3.27. The fourth-order valence-electron chi connectivity index (χ4n) is 5.18. The standard InChI is InChI=1S/C25H27FN4O2/c1-14-15(2)22(31)23(32)21(14)30-12-19(16-8-10-17(26)11-9-16)20-24(27-13-28-25(20)30)29-18-6-4-3-5-7-18/h3-15,20-23,25,31-32H,1-2H3,(H,27,28,29)/t14-,15?,20?,21?,22?,23?,25?/m0/s1. The summed E-state index contributed by atoms with van der Waals surface area (Å²) in [6.45, 7) is 4.02. The molecule has 0 bridgehead atoms. The van der Waals surface area contributed by atoms with Crippen LogP contribution in [-0.2, 0) is 0 Å². The van der Waals surface area contributed by atoms with Gasteiger partial charge in [-0.15, -0.1) is 0 Å². The molecule has 2 aromatic carbocycles. The second-order valence-electron chi connectivity index (χ2n) is 8.89. The highest BCUT2D eigenvalue weighted by molar-refractivity contribution is 6.09. The molecule has 0 amide bonds. The molecule has 5 rings (SSSR count). The minimum absolute atomic E-state index is 0.0418. The summed E-state index contributed by atoms with van der Waals surface area (Å²) >= 11 is 0. The number of halogens is 1. The molecule has 7 heteroatoms. The van der Waals surface area contributed by atoms with Crippen molar-refractivity contribution >= 4 is 23.4 Å². The summed E-state index contributed by atoms with van der Waals surface area (Å²) < 4.78 is 13.6. The van der Waals surface area contributed by atoms with Crippen LogP contribution in [0.4, 0.5) is 10.1 Å². The van der Waals surface area contributed by atoms with Crippen LogP contribution in [0.1, 0.15) is 19.4 Å². The third kappa shape index (κ3) is 3.42. The molecule has 7 atom stereocenters. The summed E-state index contributed by atoms with van der Waals surface area (Å²) in [5, 5.41) is 24.8. The molecule has 0 spiro atoms. The molecule has 0 aromatic heterocycles. The monoisotopic (exact) mass is 434 g/mol. The van der Waals surface area contributed by atoms with Crippen LogP contribution in [0.5, 0.6) is 0 Å². The number of anilines is 1. The number of nitrogens with one attached hydrogen (secondary N) is 1. The maximum absolute atomic E-state index is 13.6. The van der Waals surface area contributed by atoms with Crippen LogP contribution in [0, 0.1) is 23.6 Å². The number of amidine groups is 1. The van der Waals surface area contributed by atoms with E-state index in [4.69, 9.17) is 0 Å². The molecule has 1 aliphatic carbocycles. The zero-order valence-corrected chi connectivity index (χ0v) is 18.0. The van der Waals surface area contributed by atoms with Crippen LogP contribution < -0.4 is 5.32 Å². The van der Waals surface area contributed by atoms with Crippen LogP contribution in [0.25, 0.3) is 5.57 Å². The molecule has 1 saturated carbocycles. The number of para-hydroxylation sites is 1. The van der Waals surface area contributed by atoms with Gasteiger partial charge in [-0.2, -0.15) is 0 Å². The first-order valence-electron chi connectivity index (χ1n) is 11.0. The first kappa shape index (κ1) is 20.8. The van der Waals surface area contributed by atoms with Gasteiger partial charge in [-0.3, -0.25) is 0 Å². The van der Waals surface area contributed by atoms with E-state index in [2.05, 4.69) is 27.1 Å². The molecular weight excluding hydrogens is 407 g/mol. The number of aliphatic imine (C=N–C) groups is 2. The van der Waals surface area contributed by atoms with Crippen LogP contribution >= 0.6 is 0 Å². The number of aliphatic hydroxyl groups excluding tert-OH is 2. The minimum Gasteiger partial charge on any atom is -0.390 e. The summed E-state index contributed by atoms with van der Waals surface area (Å²) in [4.78, 5) is 11.3. The van der Waals surface area contributed by atoms with Gasteiger partial charge in [0.05, 0.1) is 18.1 Å². The van der Waals surface area contributed by atoms with E-state index in [1.807, 2.05) is 43.5 Å². The van der Waals surface area contributed by atoms with Gasteiger partial charge >= 0.3 is 0 Å². The normalized spacial score (nSPS) is 33.7. The molecule has 6 nitrogen and oxygen atoms in total. The number of fused-ring (bicyclic) bond motifs is 1. The Morgan fingerprint density at radius 3 is 2.31 bits per heavy atom. The molecule has 6 unspecified atom stereocenters. The number of aliphatic hydroxyl groups is 2. The highest BCUT2D eigenvalue weighted by atomic mass is 19.1. The average molecular weight is 435 g/mol. The third-order valence-corrected chi connectivity index (χ3v) is 7.11. The van der Waals surface area contributed by atoms with Gasteiger partial charge in [0.2, 0.25) is 0 Å². The van der Waals surface area contributed by atoms with Crippen molar-refractivity contribution in [1.82, 2.24) is 4.90 Å². The van der Waals surface area contributed by atoms with Gasteiger partial charge in [-0.1, -0.05) is 44.2 Å². The first-order valence-corrected chi connectivity index (χ1v) is 11.0. The van der Waals surface area contributed by atoms with Gasteiger partial charge in [0.25, 0.3) is 0 Å². The smallest absolute Gasteiger partial charge is 0.136 e. The zero-order valence-electron chi connectivity index (χ0n) is 18.0. The number of hydrogen-bond donors (Lipinski definition) is 3. The van der Waals surface area contributed by atoms with Crippen molar-refractivity contribution < 1.29 is 14.6 Å².